The average molecular weight is 495 g/mol. The molecule has 5 heterocycles. The molecular formula is C26H38O9. The number of esters is 2. The minimum atomic E-state index is -0.854. The highest BCUT2D eigenvalue weighted by Gasteiger charge is 2.83. The van der Waals surface area contributed by atoms with E-state index in [2.05, 4.69) is 13.8 Å². The van der Waals surface area contributed by atoms with Gasteiger partial charge >= 0.3 is 11.9 Å². The van der Waals surface area contributed by atoms with Gasteiger partial charge in [-0.25, -0.2) is 0 Å². The molecular weight excluding hydrogens is 456 g/mol. The van der Waals surface area contributed by atoms with Crippen molar-refractivity contribution in [2.24, 2.45) is 34.5 Å². The summed E-state index contributed by atoms with van der Waals surface area (Å²) in [5, 5.41) is 9.95. The number of aliphatic hydroxyl groups is 1. The number of aliphatic hydroxyl groups excluding tert-OH is 1. The second-order valence-electron chi connectivity index (χ2n) is 12.3. The Morgan fingerprint density at radius 2 is 1.80 bits per heavy atom. The van der Waals surface area contributed by atoms with Crippen molar-refractivity contribution in [2.75, 3.05) is 6.61 Å². The molecule has 5 saturated heterocycles. The molecule has 0 aromatic carbocycles. The molecule has 9 nitrogen and oxygen atoms in total. The molecule has 12 unspecified atom stereocenters. The highest BCUT2D eigenvalue weighted by molar-refractivity contribution is 5.71. The minimum Gasteiger partial charge on any atom is -0.462 e. The van der Waals surface area contributed by atoms with Crippen LogP contribution in [0, 0.1) is 34.5 Å². The van der Waals surface area contributed by atoms with Crippen LogP contribution in [0.4, 0.5) is 0 Å². The van der Waals surface area contributed by atoms with Gasteiger partial charge in [-0.1, -0.05) is 27.7 Å². The van der Waals surface area contributed by atoms with E-state index in [1.165, 1.54) is 6.92 Å². The number of rotatable bonds is 4. The maximum absolute atomic E-state index is 12.8. The third-order valence-corrected chi connectivity index (χ3v) is 10.2. The van der Waals surface area contributed by atoms with Crippen LogP contribution < -0.4 is 0 Å². The van der Waals surface area contributed by atoms with Gasteiger partial charge in [-0.2, -0.15) is 0 Å². The van der Waals surface area contributed by atoms with Crippen LogP contribution >= 0.6 is 0 Å². The summed E-state index contributed by atoms with van der Waals surface area (Å²) >= 11 is 0. The maximum atomic E-state index is 12.8. The van der Waals surface area contributed by atoms with Gasteiger partial charge in [0.1, 0.15) is 17.1 Å². The predicted molar refractivity (Wildman–Crippen MR) is 119 cm³/mol. The second-order valence-corrected chi connectivity index (χ2v) is 12.3. The molecule has 0 aromatic rings. The molecule has 0 aromatic heterocycles. The van der Waals surface area contributed by atoms with Crippen molar-refractivity contribution in [3.05, 3.63) is 0 Å². The summed E-state index contributed by atoms with van der Waals surface area (Å²) in [5.74, 6) is -0.705. The molecule has 5 aliphatic heterocycles. The molecule has 196 valence electrons. The Morgan fingerprint density at radius 1 is 1.06 bits per heavy atom. The predicted octanol–water partition coefficient (Wildman–Crippen LogP) is 2.52. The summed E-state index contributed by atoms with van der Waals surface area (Å²) < 4.78 is 36.9. The zero-order chi connectivity index (χ0) is 24.9. The Kier molecular flexibility index (Phi) is 5.42. The highest BCUT2D eigenvalue weighted by Crippen LogP contribution is 2.74. The summed E-state index contributed by atoms with van der Waals surface area (Å²) in [6.07, 6.45) is 0.684. The Bertz CT molecular complexity index is 887. The van der Waals surface area contributed by atoms with Crippen molar-refractivity contribution in [2.45, 2.75) is 110 Å². The van der Waals surface area contributed by atoms with Gasteiger partial charge in [-0.15, -0.1) is 0 Å². The number of fused-ring (bicyclic) bond motifs is 2. The summed E-state index contributed by atoms with van der Waals surface area (Å²) in [4.78, 5) is 25.2. The number of epoxide rings is 1. The third kappa shape index (κ3) is 3.24. The lowest BCUT2D eigenvalue weighted by Gasteiger charge is -2.69. The zero-order valence-corrected chi connectivity index (χ0v) is 21.2. The minimum absolute atomic E-state index is 0.0168. The summed E-state index contributed by atoms with van der Waals surface area (Å²) in [5.41, 5.74) is -1.69. The van der Waals surface area contributed by atoms with E-state index < -0.39 is 36.0 Å². The van der Waals surface area contributed by atoms with Crippen molar-refractivity contribution in [1.82, 2.24) is 0 Å². The Hall–Kier alpha value is -1.26. The summed E-state index contributed by atoms with van der Waals surface area (Å²) in [6.45, 7) is 10.0. The van der Waals surface area contributed by atoms with Gasteiger partial charge in [-0.3, -0.25) is 9.59 Å². The van der Waals surface area contributed by atoms with E-state index in [1.54, 1.807) is 13.8 Å². The quantitative estimate of drug-likeness (QED) is 0.465. The van der Waals surface area contributed by atoms with Gasteiger partial charge < -0.3 is 33.5 Å². The van der Waals surface area contributed by atoms with E-state index >= 15 is 0 Å². The molecule has 7 aliphatic rings. The smallest absolute Gasteiger partial charge is 0.310 e. The largest absolute Gasteiger partial charge is 0.462 e. The van der Waals surface area contributed by atoms with Crippen molar-refractivity contribution in [3.8, 4) is 0 Å². The molecule has 1 N–H and O–H groups in total. The first kappa shape index (κ1) is 24.1. The topological polar surface area (TPSA) is 113 Å². The lowest BCUT2D eigenvalue weighted by atomic mass is 9.40. The SMILES string of the molecule is CC(=O)OC1CC(C)C(C)(C2CC3CC(O)OC3O2)C2CC3CC4(CO4)C12C(OC(=O)C(C)C)O3. The standard InChI is InChI=1S/C26H38O9/c1-12(2)21(29)35-23-26-17(9-16(32-23)10-25(26)11-30-25)24(5,13(3)6-19(26)31-14(4)27)18-7-15-8-20(28)34-22(15)33-18/h12-13,15-20,22-23,28H,6-11H2,1-5H3. The molecule has 2 saturated carbocycles. The van der Waals surface area contributed by atoms with Gasteiger partial charge in [0.25, 0.3) is 0 Å². The van der Waals surface area contributed by atoms with E-state index in [4.69, 9.17) is 28.4 Å². The molecule has 2 aliphatic carbocycles. The number of carbonyl (C=O) groups is 2. The van der Waals surface area contributed by atoms with Gasteiger partial charge in [0, 0.05) is 31.1 Å². The van der Waals surface area contributed by atoms with E-state index in [-0.39, 0.29) is 53.2 Å². The molecule has 9 heteroatoms. The lowest BCUT2D eigenvalue weighted by Crippen LogP contribution is -2.77. The van der Waals surface area contributed by atoms with E-state index in [9.17, 15) is 14.7 Å². The molecule has 0 radical (unpaired) electrons. The van der Waals surface area contributed by atoms with Crippen LogP contribution in [0.3, 0.4) is 0 Å². The monoisotopic (exact) mass is 494 g/mol. The van der Waals surface area contributed by atoms with Crippen LogP contribution in [0.15, 0.2) is 0 Å². The molecule has 2 bridgehead atoms. The van der Waals surface area contributed by atoms with E-state index in [0.29, 0.717) is 25.9 Å². The van der Waals surface area contributed by atoms with Crippen LogP contribution in [0.25, 0.3) is 0 Å². The molecule has 7 rings (SSSR count). The molecule has 35 heavy (non-hydrogen) atoms. The molecule has 12 atom stereocenters. The highest BCUT2D eigenvalue weighted by atomic mass is 16.7. The molecule has 0 amide bonds. The van der Waals surface area contributed by atoms with Crippen molar-refractivity contribution < 1.29 is 43.1 Å². The van der Waals surface area contributed by atoms with Crippen LogP contribution in [0.5, 0.6) is 0 Å². The van der Waals surface area contributed by atoms with Crippen molar-refractivity contribution >= 4 is 11.9 Å². The lowest BCUT2D eigenvalue weighted by molar-refractivity contribution is -0.377. The summed E-state index contributed by atoms with van der Waals surface area (Å²) in [6, 6.07) is 0. The van der Waals surface area contributed by atoms with E-state index in [0.717, 1.165) is 12.8 Å². The van der Waals surface area contributed by atoms with Crippen LogP contribution in [-0.4, -0.2) is 66.4 Å². The van der Waals surface area contributed by atoms with Gasteiger partial charge in [0.2, 0.25) is 6.29 Å². The fraction of sp³-hybridized carbons (Fsp3) is 0.923. The van der Waals surface area contributed by atoms with Crippen LogP contribution in [0.1, 0.15) is 66.7 Å². The zero-order valence-electron chi connectivity index (χ0n) is 21.2. The van der Waals surface area contributed by atoms with Gasteiger partial charge in [-0.05, 0) is 31.1 Å². The fourth-order valence-corrected chi connectivity index (χ4v) is 8.37. The van der Waals surface area contributed by atoms with Crippen molar-refractivity contribution in [1.29, 1.82) is 0 Å². The second kappa shape index (κ2) is 7.87. The maximum Gasteiger partial charge on any atom is 0.310 e. The molecule has 7 fully saturated rings. The first-order valence-electron chi connectivity index (χ1n) is 13.2. The summed E-state index contributed by atoms with van der Waals surface area (Å²) in [7, 11) is 0. The number of carbonyl (C=O) groups excluding carboxylic acids is 2. The first-order chi connectivity index (χ1) is 16.5. The van der Waals surface area contributed by atoms with Crippen molar-refractivity contribution in [3.63, 3.8) is 0 Å². The fourth-order valence-electron chi connectivity index (χ4n) is 8.37. The third-order valence-electron chi connectivity index (χ3n) is 10.2. The average Bonchev–Trinajstić information content (AvgIpc) is 3.26. The normalized spacial score (nSPS) is 54.0. The van der Waals surface area contributed by atoms with Gasteiger partial charge in [0.15, 0.2) is 12.6 Å². The number of ether oxygens (including phenoxy) is 6. The number of hydrogen-bond acceptors (Lipinski definition) is 9. The molecule has 2 spiro atoms. The Labute approximate surface area is 206 Å². The van der Waals surface area contributed by atoms with E-state index in [1.807, 2.05) is 0 Å². The Morgan fingerprint density at radius 3 is 2.43 bits per heavy atom. The van der Waals surface area contributed by atoms with Crippen LogP contribution in [0.2, 0.25) is 0 Å². The number of hydrogen-bond donors (Lipinski definition) is 1. The van der Waals surface area contributed by atoms with Crippen LogP contribution in [-0.2, 0) is 38.0 Å². The van der Waals surface area contributed by atoms with Gasteiger partial charge in [0.05, 0.1) is 24.7 Å². The first-order valence-corrected chi connectivity index (χ1v) is 13.2. The Balaban J connectivity index is 1.44.